The average Bonchev–Trinajstić information content (AvgIpc) is 3.48. The third-order valence-corrected chi connectivity index (χ3v) is 7.07. The Morgan fingerprint density at radius 2 is 1.65 bits per heavy atom. The summed E-state index contributed by atoms with van der Waals surface area (Å²) in [5, 5.41) is 0.871. The van der Waals surface area contributed by atoms with Gasteiger partial charge in [0, 0.05) is 11.6 Å². The molecular formula is C25H20N2O4. The molecule has 154 valence electrons. The third-order valence-electron chi connectivity index (χ3n) is 7.07. The van der Waals surface area contributed by atoms with Gasteiger partial charge in [0.2, 0.25) is 11.8 Å². The number of hydrogen-bond acceptors (Lipinski definition) is 5. The monoisotopic (exact) mass is 412 g/mol. The topological polar surface area (TPSA) is 76.6 Å². The molecule has 1 aromatic heterocycles. The zero-order valence-electron chi connectivity index (χ0n) is 16.7. The Morgan fingerprint density at radius 3 is 2.42 bits per heavy atom. The fraction of sp³-hybridized carbons (Fsp3) is 0.280. The Balaban J connectivity index is 1.29. The van der Waals surface area contributed by atoms with Crippen LogP contribution in [0.4, 0.5) is 5.69 Å². The fourth-order valence-corrected chi connectivity index (χ4v) is 5.75. The molecular weight excluding hydrogens is 392 g/mol. The van der Waals surface area contributed by atoms with Crippen molar-refractivity contribution < 1.29 is 19.1 Å². The molecule has 3 fully saturated rings. The highest BCUT2D eigenvalue weighted by Gasteiger charge is 2.61. The van der Waals surface area contributed by atoms with Crippen LogP contribution in [0.3, 0.4) is 0 Å². The Labute approximate surface area is 178 Å². The van der Waals surface area contributed by atoms with E-state index in [1.165, 1.54) is 4.90 Å². The zero-order chi connectivity index (χ0) is 21.1. The number of hydrogen-bond donors (Lipinski definition) is 0. The highest BCUT2D eigenvalue weighted by atomic mass is 16.5. The number of ether oxygens (including phenoxy) is 1. The molecule has 2 saturated carbocycles. The number of imide groups is 1. The minimum absolute atomic E-state index is 0.119. The Hall–Kier alpha value is -3.54. The van der Waals surface area contributed by atoms with Crippen LogP contribution in [0.1, 0.15) is 29.6 Å². The number of anilines is 1. The van der Waals surface area contributed by atoms with Crippen LogP contribution >= 0.6 is 0 Å². The molecule has 6 rings (SSSR count). The van der Waals surface area contributed by atoms with Crippen molar-refractivity contribution in [1.82, 2.24) is 4.98 Å². The van der Waals surface area contributed by atoms with Crippen molar-refractivity contribution in [3.63, 3.8) is 0 Å². The number of esters is 1. The number of pyridine rings is 1. The molecule has 2 amide bonds. The molecule has 6 heteroatoms. The normalized spacial score (nSPS) is 26.5. The maximum atomic E-state index is 13.1. The SMILES string of the molecule is O=C(Oc1cccc2cccnc12)c1cccc(N2C(=O)[C@@H]3[C@@H]4CC[C@@H](C4)[C@@H]3C2=O)c1. The van der Waals surface area contributed by atoms with E-state index >= 15 is 0 Å². The number of para-hydroxylation sites is 1. The van der Waals surface area contributed by atoms with Gasteiger partial charge in [0.05, 0.1) is 23.1 Å². The average molecular weight is 412 g/mol. The summed E-state index contributed by atoms with van der Waals surface area (Å²) >= 11 is 0. The lowest BCUT2D eigenvalue weighted by Gasteiger charge is -2.19. The van der Waals surface area contributed by atoms with Gasteiger partial charge >= 0.3 is 5.97 Å². The van der Waals surface area contributed by atoms with Crippen molar-refractivity contribution in [2.45, 2.75) is 19.3 Å². The first-order chi connectivity index (χ1) is 15.1. The number of rotatable bonds is 3. The van der Waals surface area contributed by atoms with Gasteiger partial charge in [-0.2, -0.15) is 0 Å². The fourth-order valence-electron chi connectivity index (χ4n) is 5.75. The smallest absolute Gasteiger partial charge is 0.343 e. The van der Waals surface area contributed by atoms with Gasteiger partial charge in [0.15, 0.2) is 5.75 Å². The quantitative estimate of drug-likeness (QED) is 0.369. The lowest BCUT2D eigenvalue weighted by molar-refractivity contribution is -0.123. The molecule has 4 atom stereocenters. The van der Waals surface area contributed by atoms with Gasteiger partial charge in [-0.05, 0) is 61.4 Å². The Morgan fingerprint density at radius 1 is 0.935 bits per heavy atom. The molecule has 3 aliphatic rings. The van der Waals surface area contributed by atoms with Gasteiger partial charge in [0.1, 0.15) is 5.52 Å². The second kappa shape index (κ2) is 6.74. The van der Waals surface area contributed by atoms with E-state index in [1.807, 2.05) is 18.2 Å². The number of carbonyl (C=O) groups is 3. The standard InChI is InChI=1S/C25H20N2O4/c28-23-20-15-9-10-16(12-15)21(20)24(29)27(23)18-7-1-5-17(13-18)25(30)31-19-8-2-4-14-6-3-11-26-22(14)19/h1-8,11,13,15-16,20-21H,9-10,12H2/t15-,16+,20-,21+. The van der Waals surface area contributed by atoms with E-state index in [9.17, 15) is 14.4 Å². The molecule has 2 bridgehead atoms. The summed E-state index contributed by atoms with van der Waals surface area (Å²) < 4.78 is 5.61. The Bertz CT molecular complexity index is 1220. The molecule has 31 heavy (non-hydrogen) atoms. The van der Waals surface area contributed by atoms with E-state index in [4.69, 9.17) is 4.74 Å². The van der Waals surface area contributed by atoms with E-state index < -0.39 is 5.97 Å². The van der Waals surface area contributed by atoms with Gasteiger partial charge in [-0.15, -0.1) is 0 Å². The second-order valence-electron chi connectivity index (χ2n) is 8.67. The first-order valence-electron chi connectivity index (χ1n) is 10.7. The summed E-state index contributed by atoms with van der Waals surface area (Å²) in [4.78, 5) is 44.6. The summed E-state index contributed by atoms with van der Waals surface area (Å²) in [6.07, 6.45) is 4.70. The highest BCUT2D eigenvalue weighted by Crippen LogP contribution is 2.56. The third kappa shape index (κ3) is 2.71. The van der Waals surface area contributed by atoms with Crippen molar-refractivity contribution in [3.05, 3.63) is 66.4 Å². The van der Waals surface area contributed by atoms with Gasteiger partial charge in [0.25, 0.3) is 0 Å². The van der Waals surface area contributed by atoms with Gasteiger partial charge in [-0.25, -0.2) is 4.79 Å². The number of nitrogens with zero attached hydrogens (tertiary/aromatic N) is 2. The van der Waals surface area contributed by atoms with E-state index in [-0.39, 0.29) is 29.2 Å². The zero-order valence-corrected chi connectivity index (χ0v) is 16.7. The lowest BCUT2D eigenvalue weighted by Crippen LogP contribution is -2.32. The number of benzene rings is 2. The van der Waals surface area contributed by atoms with E-state index in [2.05, 4.69) is 4.98 Å². The summed E-state index contributed by atoms with van der Waals surface area (Å²) in [6.45, 7) is 0. The second-order valence-corrected chi connectivity index (χ2v) is 8.67. The van der Waals surface area contributed by atoms with Crippen LogP contribution < -0.4 is 9.64 Å². The Kier molecular flexibility index (Phi) is 3.96. The van der Waals surface area contributed by atoms with Crippen LogP contribution in [-0.4, -0.2) is 22.8 Å². The van der Waals surface area contributed by atoms with Crippen molar-refractivity contribution in [2.24, 2.45) is 23.7 Å². The summed E-state index contributed by atoms with van der Waals surface area (Å²) in [7, 11) is 0. The van der Waals surface area contributed by atoms with Crippen molar-refractivity contribution >= 4 is 34.4 Å². The van der Waals surface area contributed by atoms with Crippen LogP contribution in [-0.2, 0) is 9.59 Å². The van der Waals surface area contributed by atoms with Crippen molar-refractivity contribution in [3.8, 4) is 5.75 Å². The number of aromatic nitrogens is 1. The minimum atomic E-state index is -0.556. The summed E-state index contributed by atoms with van der Waals surface area (Å²) in [5.41, 5.74) is 1.32. The molecule has 0 radical (unpaired) electrons. The molecule has 1 aliphatic heterocycles. The molecule has 2 heterocycles. The van der Waals surface area contributed by atoms with Gasteiger partial charge in [-0.1, -0.05) is 24.3 Å². The largest absolute Gasteiger partial charge is 0.421 e. The molecule has 0 unspecified atom stereocenters. The van der Waals surface area contributed by atoms with Crippen molar-refractivity contribution in [2.75, 3.05) is 4.90 Å². The van der Waals surface area contributed by atoms with Crippen LogP contribution in [0.25, 0.3) is 10.9 Å². The number of fused-ring (bicyclic) bond motifs is 6. The highest BCUT2D eigenvalue weighted by molar-refractivity contribution is 6.22. The minimum Gasteiger partial charge on any atom is -0.421 e. The number of amides is 2. The van der Waals surface area contributed by atoms with Gasteiger partial charge < -0.3 is 4.74 Å². The predicted molar refractivity (Wildman–Crippen MR) is 113 cm³/mol. The molecule has 0 spiro atoms. The predicted octanol–water partition coefficient (Wildman–Crippen LogP) is 3.99. The van der Waals surface area contributed by atoms with Gasteiger partial charge in [-0.3, -0.25) is 19.5 Å². The molecule has 2 aliphatic carbocycles. The van der Waals surface area contributed by atoms with E-state index in [0.717, 1.165) is 24.6 Å². The first kappa shape index (κ1) is 18.2. The maximum absolute atomic E-state index is 13.1. The van der Waals surface area contributed by atoms with Crippen LogP contribution in [0.2, 0.25) is 0 Å². The van der Waals surface area contributed by atoms with Crippen LogP contribution in [0.15, 0.2) is 60.8 Å². The van der Waals surface area contributed by atoms with E-state index in [0.29, 0.717) is 28.8 Å². The molecule has 0 N–H and O–H groups in total. The molecule has 2 aromatic carbocycles. The summed E-state index contributed by atoms with van der Waals surface area (Å²) in [5.74, 6) is -0.164. The van der Waals surface area contributed by atoms with Crippen LogP contribution in [0.5, 0.6) is 5.75 Å². The van der Waals surface area contributed by atoms with Crippen molar-refractivity contribution in [1.29, 1.82) is 0 Å². The summed E-state index contributed by atoms with van der Waals surface area (Å²) in [6, 6.07) is 15.7. The molecule has 6 nitrogen and oxygen atoms in total. The van der Waals surface area contributed by atoms with E-state index in [1.54, 1.807) is 42.6 Å². The number of carbonyl (C=O) groups excluding carboxylic acids is 3. The molecule has 1 saturated heterocycles. The first-order valence-corrected chi connectivity index (χ1v) is 10.7. The van der Waals surface area contributed by atoms with Crippen LogP contribution in [0, 0.1) is 23.7 Å². The molecule has 3 aromatic rings. The maximum Gasteiger partial charge on any atom is 0.343 e. The lowest BCUT2D eigenvalue weighted by atomic mass is 9.81.